The Morgan fingerprint density at radius 3 is 2.29 bits per heavy atom. The van der Waals surface area contributed by atoms with E-state index in [1.54, 1.807) is 18.9 Å². The van der Waals surface area contributed by atoms with Crippen LogP contribution in [0.3, 0.4) is 0 Å². The van der Waals surface area contributed by atoms with Crippen LogP contribution >= 0.6 is 0 Å². The summed E-state index contributed by atoms with van der Waals surface area (Å²) in [6, 6.07) is 9.49. The maximum Gasteiger partial charge on any atom is 0.253 e. The second-order valence-electron chi connectivity index (χ2n) is 6.40. The molecule has 1 saturated carbocycles. The lowest BCUT2D eigenvalue weighted by molar-refractivity contribution is -0.163. The van der Waals surface area contributed by atoms with Gasteiger partial charge in [-0.2, -0.15) is 0 Å². The third kappa shape index (κ3) is 1.96. The van der Waals surface area contributed by atoms with E-state index in [1.165, 1.54) is 0 Å². The number of amides is 2. The first-order valence-corrected chi connectivity index (χ1v) is 7.67. The van der Waals surface area contributed by atoms with Crippen LogP contribution in [0.1, 0.15) is 44.6 Å². The van der Waals surface area contributed by atoms with Gasteiger partial charge in [0.2, 0.25) is 5.91 Å². The molecule has 0 radical (unpaired) electrons. The zero-order chi connectivity index (χ0) is 15.1. The first kappa shape index (κ1) is 14.1. The highest BCUT2D eigenvalue weighted by Crippen LogP contribution is 2.40. The van der Waals surface area contributed by atoms with Crippen molar-refractivity contribution in [3.63, 3.8) is 0 Å². The van der Waals surface area contributed by atoms with E-state index >= 15 is 0 Å². The molecule has 1 spiro atoms. The Labute approximate surface area is 125 Å². The second-order valence-corrected chi connectivity index (χ2v) is 6.40. The summed E-state index contributed by atoms with van der Waals surface area (Å²) in [6.07, 6.45) is 4.70. The summed E-state index contributed by atoms with van der Waals surface area (Å²) in [5.74, 6) is -0.0224. The third-order valence-electron chi connectivity index (χ3n) is 5.19. The fourth-order valence-electron chi connectivity index (χ4n) is 3.75. The van der Waals surface area contributed by atoms with Gasteiger partial charge in [-0.15, -0.1) is 0 Å². The summed E-state index contributed by atoms with van der Waals surface area (Å²) in [5, 5.41) is 3.02. The van der Waals surface area contributed by atoms with Crippen molar-refractivity contribution in [1.82, 2.24) is 10.2 Å². The molecule has 0 bridgehead atoms. The zero-order valence-electron chi connectivity index (χ0n) is 12.7. The van der Waals surface area contributed by atoms with E-state index in [1.807, 2.05) is 30.3 Å². The van der Waals surface area contributed by atoms with E-state index in [0.29, 0.717) is 0 Å². The summed E-state index contributed by atoms with van der Waals surface area (Å²) >= 11 is 0. The van der Waals surface area contributed by atoms with Crippen LogP contribution in [0.4, 0.5) is 0 Å². The predicted octanol–water partition coefficient (Wildman–Crippen LogP) is 2.19. The molecule has 1 aromatic carbocycles. The number of hydrogen-bond donors (Lipinski definition) is 1. The molecule has 1 saturated heterocycles. The van der Waals surface area contributed by atoms with Crippen molar-refractivity contribution >= 4 is 11.8 Å². The molecule has 1 aliphatic carbocycles. The minimum Gasteiger partial charge on any atom is -0.336 e. The lowest BCUT2D eigenvalue weighted by Crippen LogP contribution is -2.73. The van der Waals surface area contributed by atoms with Crippen molar-refractivity contribution in [3.8, 4) is 0 Å². The van der Waals surface area contributed by atoms with Gasteiger partial charge < -0.3 is 10.2 Å². The minimum absolute atomic E-state index is 0.00402. The summed E-state index contributed by atoms with van der Waals surface area (Å²) in [4.78, 5) is 27.5. The van der Waals surface area contributed by atoms with E-state index in [0.717, 1.165) is 37.7 Å². The van der Waals surface area contributed by atoms with Gasteiger partial charge in [0, 0.05) is 7.05 Å². The van der Waals surface area contributed by atoms with E-state index in [4.69, 9.17) is 0 Å². The van der Waals surface area contributed by atoms with Gasteiger partial charge in [0.15, 0.2) is 0 Å². The van der Waals surface area contributed by atoms with Gasteiger partial charge in [0.1, 0.15) is 11.1 Å². The van der Waals surface area contributed by atoms with Gasteiger partial charge in [0.25, 0.3) is 5.91 Å². The van der Waals surface area contributed by atoms with Crippen LogP contribution < -0.4 is 5.32 Å². The van der Waals surface area contributed by atoms with Crippen molar-refractivity contribution in [1.29, 1.82) is 0 Å². The Morgan fingerprint density at radius 2 is 1.67 bits per heavy atom. The highest BCUT2D eigenvalue weighted by atomic mass is 16.2. The van der Waals surface area contributed by atoms with Gasteiger partial charge in [-0.25, -0.2) is 0 Å². The molecule has 2 amide bonds. The smallest absolute Gasteiger partial charge is 0.253 e. The predicted molar refractivity (Wildman–Crippen MR) is 80.5 cm³/mol. The van der Waals surface area contributed by atoms with E-state index in [2.05, 4.69) is 5.32 Å². The molecule has 4 heteroatoms. The van der Waals surface area contributed by atoms with Gasteiger partial charge >= 0.3 is 0 Å². The summed E-state index contributed by atoms with van der Waals surface area (Å²) in [5.41, 5.74) is -0.764. The number of benzene rings is 1. The van der Waals surface area contributed by atoms with Crippen LogP contribution in [0.2, 0.25) is 0 Å². The molecule has 1 N–H and O–H groups in total. The van der Waals surface area contributed by atoms with Gasteiger partial charge in [-0.3, -0.25) is 9.59 Å². The fraction of sp³-hybridized carbons (Fsp3) is 0.529. The maximum atomic E-state index is 13.0. The largest absolute Gasteiger partial charge is 0.336 e. The van der Waals surface area contributed by atoms with Crippen molar-refractivity contribution in [3.05, 3.63) is 35.9 Å². The number of nitrogens with one attached hydrogen (secondary N) is 1. The normalized spacial score (nSPS) is 28.6. The molecule has 1 atom stereocenters. The lowest BCUT2D eigenvalue weighted by Gasteiger charge is -2.51. The van der Waals surface area contributed by atoms with Crippen LogP contribution in [-0.4, -0.2) is 29.3 Å². The molecule has 1 aromatic rings. The molecule has 1 heterocycles. The molecule has 112 valence electrons. The molecule has 1 aliphatic heterocycles. The first-order valence-electron chi connectivity index (χ1n) is 7.67. The van der Waals surface area contributed by atoms with Crippen molar-refractivity contribution in [2.75, 3.05) is 7.05 Å². The standard InChI is InChI=1S/C17H22N2O2/c1-16(13-9-5-3-6-10-13)15(21)19(2)17(14(20)18-16)11-7-4-8-12-17/h3,5-6,9-10H,4,7-8,11-12H2,1-2H3,(H,18,20). The van der Waals surface area contributed by atoms with Crippen LogP contribution in [-0.2, 0) is 15.1 Å². The zero-order valence-corrected chi connectivity index (χ0v) is 12.7. The number of rotatable bonds is 1. The minimum atomic E-state index is -0.963. The number of hydrogen-bond acceptors (Lipinski definition) is 2. The average Bonchev–Trinajstić information content (AvgIpc) is 2.53. The second kappa shape index (κ2) is 4.86. The number of carbonyl (C=O) groups is 2. The third-order valence-corrected chi connectivity index (χ3v) is 5.19. The molecule has 2 aliphatic rings. The van der Waals surface area contributed by atoms with Crippen molar-refractivity contribution in [2.24, 2.45) is 0 Å². The lowest BCUT2D eigenvalue weighted by atomic mass is 9.75. The van der Waals surface area contributed by atoms with Crippen molar-refractivity contribution in [2.45, 2.75) is 50.1 Å². The number of likely N-dealkylation sites (N-methyl/N-ethyl adjacent to an activating group) is 1. The SMILES string of the molecule is CN1C(=O)C(C)(c2ccccc2)NC(=O)C12CCCCC2. The van der Waals surface area contributed by atoms with Crippen LogP contribution in [0, 0.1) is 0 Å². The quantitative estimate of drug-likeness (QED) is 0.860. The molecule has 1 unspecified atom stereocenters. The molecule has 2 fully saturated rings. The molecular weight excluding hydrogens is 264 g/mol. The van der Waals surface area contributed by atoms with Gasteiger partial charge in [0.05, 0.1) is 0 Å². The Morgan fingerprint density at radius 1 is 1.05 bits per heavy atom. The fourth-order valence-corrected chi connectivity index (χ4v) is 3.75. The first-order chi connectivity index (χ1) is 10.0. The molecule has 21 heavy (non-hydrogen) atoms. The highest BCUT2D eigenvalue weighted by Gasteiger charge is 2.55. The monoisotopic (exact) mass is 286 g/mol. The van der Waals surface area contributed by atoms with Crippen LogP contribution in [0.25, 0.3) is 0 Å². The van der Waals surface area contributed by atoms with E-state index in [9.17, 15) is 9.59 Å². The van der Waals surface area contributed by atoms with Gasteiger partial charge in [-0.05, 0) is 25.3 Å². The Bertz CT molecular complexity index is 563. The molecular formula is C17H22N2O2. The average molecular weight is 286 g/mol. The molecule has 3 rings (SSSR count). The molecule has 4 nitrogen and oxygen atoms in total. The summed E-state index contributed by atoms with van der Waals surface area (Å²) < 4.78 is 0. The molecule has 0 aromatic heterocycles. The highest BCUT2D eigenvalue weighted by molar-refractivity contribution is 6.02. The Kier molecular flexibility index (Phi) is 3.27. The van der Waals surface area contributed by atoms with Gasteiger partial charge in [-0.1, -0.05) is 49.6 Å². The summed E-state index contributed by atoms with van der Waals surface area (Å²) in [7, 11) is 1.79. The van der Waals surface area contributed by atoms with E-state index in [-0.39, 0.29) is 11.8 Å². The van der Waals surface area contributed by atoms with Crippen LogP contribution in [0.5, 0.6) is 0 Å². The maximum absolute atomic E-state index is 13.0. The number of nitrogens with zero attached hydrogens (tertiary/aromatic N) is 1. The van der Waals surface area contributed by atoms with Crippen LogP contribution in [0.15, 0.2) is 30.3 Å². The topological polar surface area (TPSA) is 49.4 Å². The Balaban J connectivity index is 1.99. The van der Waals surface area contributed by atoms with Crippen molar-refractivity contribution < 1.29 is 9.59 Å². The summed E-state index contributed by atoms with van der Waals surface area (Å²) in [6.45, 7) is 1.80. The number of carbonyl (C=O) groups excluding carboxylic acids is 2. The Hall–Kier alpha value is -1.84. The number of piperazine rings is 1. The van der Waals surface area contributed by atoms with E-state index < -0.39 is 11.1 Å².